The number of amides is 1. The van der Waals surface area contributed by atoms with Crippen molar-refractivity contribution in [3.8, 4) is 6.07 Å². The smallest absolute Gasteiger partial charge is 0.338 e. The molecule has 0 saturated heterocycles. The van der Waals surface area contributed by atoms with Gasteiger partial charge in [0.1, 0.15) is 6.26 Å². The average Bonchev–Trinajstić information content (AvgIpc) is 3.05. The quantitative estimate of drug-likeness (QED) is 0.851. The molecule has 1 fully saturated rings. The number of hydrogen-bond acceptors (Lipinski definition) is 4. The highest BCUT2D eigenvalue weighted by Gasteiger charge is 2.34. The first-order valence-electron chi connectivity index (χ1n) is 5.63. The minimum absolute atomic E-state index is 0.0113. The molecule has 6 nitrogen and oxygen atoms in total. The first-order valence-corrected chi connectivity index (χ1v) is 5.63. The topological polar surface area (TPSA) is 94.5 Å². The van der Waals surface area contributed by atoms with Crippen molar-refractivity contribution in [1.29, 1.82) is 5.26 Å². The fourth-order valence-electron chi connectivity index (χ4n) is 1.71. The second kappa shape index (κ2) is 4.92. The van der Waals surface area contributed by atoms with Gasteiger partial charge in [-0.3, -0.25) is 4.79 Å². The minimum atomic E-state index is -1.13. The van der Waals surface area contributed by atoms with Crippen LogP contribution in [-0.4, -0.2) is 34.5 Å². The van der Waals surface area contributed by atoms with Gasteiger partial charge in [-0.1, -0.05) is 0 Å². The minimum Gasteiger partial charge on any atom is -0.478 e. The summed E-state index contributed by atoms with van der Waals surface area (Å²) in [7, 11) is 0. The lowest BCUT2D eigenvalue weighted by atomic mass is 10.3. The third-order valence-corrected chi connectivity index (χ3v) is 2.77. The molecule has 18 heavy (non-hydrogen) atoms. The Morgan fingerprint density at radius 2 is 2.28 bits per heavy atom. The van der Waals surface area contributed by atoms with Gasteiger partial charge in [-0.25, -0.2) is 4.79 Å². The van der Waals surface area contributed by atoms with E-state index in [0.717, 1.165) is 19.1 Å². The predicted octanol–water partition coefficient (Wildman–Crippen LogP) is 1.50. The first kappa shape index (κ1) is 12.2. The molecule has 1 aromatic heterocycles. The highest BCUT2D eigenvalue weighted by atomic mass is 16.4. The van der Waals surface area contributed by atoms with E-state index in [1.54, 1.807) is 4.90 Å². The molecule has 0 atom stereocenters. The van der Waals surface area contributed by atoms with Crippen LogP contribution in [0, 0.1) is 11.3 Å². The number of rotatable bonds is 5. The predicted molar refractivity (Wildman–Crippen MR) is 60.0 cm³/mol. The number of carboxylic acid groups (broad SMARTS) is 1. The van der Waals surface area contributed by atoms with Crippen LogP contribution >= 0.6 is 0 Å². The van der Waals surface area contributed by atoms with E-state index in [9.17, 15) is 9.59 Å². The fourth-order valence-corrected chi connectivity index (χ4v) is 1.71. The van der Waals surface area contributed by atoms with Crippen LogP contribution in [0.3, 0.4) is 0 Å². The molecule has 0 aromatic carbocycles. The van der Waals surface area contributed by atoms with Crippen molar-refractivity contribution < 1.29 is 19.1 Å². The van der Waals surface area contributed by atoms with Gasteiger partial charge in [0.05, 0.1) is 18.1 Å². The van der Waals surface area contributed by atoms with Crippen LogP contribution in [0.5, 0.6) is 0 Å². The molecule has 0 bridgehead atoms. The van der Waals surface area contributed by atoms with Crippen LogP contribution < -0.4 is 0 Å². The zero-order valence-corrected chi connectivity index (χ0v) is 9.63. The summed E-state index contributed by atoms with van der Waals surface area (Å²) in [6, 6.07) is 3.36. The van der Waals surface area contributed by atoms with Gasteiger partial charge in [0, 0.05) is 18.7 Å². The highest BCUT2D eigenvalue weighted by Crippen LogP contribution is 2.28. The Hall–Kier alpha value is -2.29. The molecule has 1 aliphatic rings. The second-order valence-electron chi connectivity index (χ2n) is 4.14. The molecule has 0 spiro atoms. The van der Waals surface area contributed by atoms with Crippen molar-refractivity contribution in [3.05, 3.63) is 23.7 Å². The molecule has 6 heteroatoms. The lowest BCUT2D eigenvalue weighted by Crippen LogP contribution is -2.33. The van der Waals surface area contributed by atoms with E-state index in [1.165, 1.54) is 6.07 Å². The average molecular weight is 248 g/mol. The van der Waals surface area contributed by atoms with Crippen LogP contribution in [0.1, 0.15) is 40.2 Å². The van der Waals surface area contributed by atoms with E-state index < -0.39 is 5.97 Å². The van der Waals surface area contributed by atoms with E-state index in [1.807, 2.05) is 6.07 Å². The normalized spacial score (nSPS) is 13.9. The van der Waals surface area contributed by atoms with Crippen molar-refractivity contribution in [1.82, 2.24) is 4.90 Å². The standard InChI is InChI=1S/C12H12N2O4/c13-4-1-5-14(9-2-3-9)11(15)10-6-8(7-18-10)12(16)17/h6-7,9H,1-3,5H2,(H,16,17). The number of aromatic carboxylic acids is 1. The summed E-state index contributed by atoms with van der Waals surface area (Å²) in [4.78, 5) is 24.4. The zero-order chi connectivity index (χ0) is 13.1. The van der Waals surface area contributed by atoms with Crippen LogP contribution in [0.25, 0.3) is 0 Å². The maximum Gasteiger partial charge on any atom is 0.338 e. The summed E-state index contributed by atoms with van der Waals surface area (Å²) in [6.07, 6.45) is 3.15. The number of carbonyl (C=O) groups is 2. The van der Waals surface area contributed by atoms with Crippen LogP contribution in [0.2, 0.25) is 0 Å². The molecule has 94 valence electrons. The molecule has 1 N–H and O–H groups in total. The number of furan rings is 1. The van der Waals surface area contributed by atoms with Gasteiger partial charge in [0.2, 0.25) is 0 Å². The van der Waals surface area contributed by atoms with E-state index >= 15 is 0 Å². The number of nitriles is 1. The lowest BCUT2D eigenvalue weighted by molar-refractivity contribution is 0.0692. The Balaban J connectivity index is 2.11. The van der Waals surface area contributed by atoms with E-state index in [0.29, 0.717) is 6.54 Å². The summed E-state index contributed by atoms with van der Waals surface area (Å²) < 4.78 is 4.97. The van der Waals surface area contributed by atoms with Crippen LogP contribution in [-0.2, 0) is 0 Å². The summed E-state index contributed by atoms with van der Waals surface area (Å²) >= 11 is 0. The van der Waals surface area contributed by atoms with Gasteiger partial charge in [0.15, 0.2) is 5.76 Å². The molecular weight excluding hydrogens is 236 g/mol. The fraction of sp³-hybridized carbons (Fsp3) is 0.417. The number of carboxylic acids is 1. The van der Waals surface area contributed by atoms with Gasteiger partial charge in [-0.15, -0.1) is 0 Å². The van der Waals surface area contributed by atoms with E-state index in [4.69, 9.17) is 14.8 Å². The number of nitrogens with zero attached hydrogens (tertiary/aromatic N) is 2. The summed E-state index contributed by atoms with van der Waals surface area (Å²) in [5.74, 6) is -1.47. The zero-order valence-electron chi connectivity index (χ0n) is 9.63. The summed E-state index contributed by atoms with van der Waals surface area (Å²) in [5.41, 5.74) is -0.0469. The maximum absolute atomic E-state index is 12.1. The molecule has 0 aliphatic heterocycles. The van der Waals surface area contributed by atoms with Crippen molar-refractivity contribution in [3.63, 3.8) is 0 Å². The molecule has 1 saturated carbocycles. The first-order chi connectivity index (χ1) is 8.63. The Labute approximate surface area is 103 Å². The van der Waals surface area contributed by atoms with E-state index in [2.05, 4.69) is 0 Å². The Morgan fingerprint density at radius 3 is 2.78 bits per heavy atom. The Morgan fingerprint density at radius 1 is 1.56 bits per heavy atom. The molecule has 1 heterocycles. The summed E-state index contributed by atoms with van der Waals surface area (Å²) in [6.45, 7) is 0.350. The Bertz CT molecular complexity index is 510. The van der Waals surface area contributed by atoms with E-state index in [-0.39, 0.29) is 29.7 Å². The Kier molecular flexibility index (Phi) is 3.33. The van der Waals surface area contributed by atoms with Gasteiger partial charge in [-0.05, 0) is 12.8 Å². The molecule has 0 radical (unpaired) electrons. The highest BCUT2D eigenvalue weighted by molar-refractivity contribution is 5.95. The van der Waals surface area contributed by atoms with Crippen molar-refractivity contribution in [2.75, 3.05) is 6.54 Å². The lowest BCUT2D eigenvalue weighted by Gasteiger charge is -2.19. The third-order valence-electron chi connectivity index (χ3n) is 2.77. The summed E-state index contributed by atoms with van der Waals surface area (Å²) in [5, 5.41) is 17.3. The largest absolute Gasteiger partial charge is 0.478 e. The third kappa shape index (κ3) is 2.51. The second-order valence-corrected chi connectivity index (χ2v) is 4.14. The number of carbonyl (C=O) groups excluding carboxylic acids is 1. The van der Waals surface area contributed by atoms with Crippen molar-refractivity contribution >= 4 is 11.9 Å². The van der Waals surface area contributed by atoms with Crippen molar-refractivity contribution in [2.45, 2.75) is 25.3 Å². The van der Waals surface area contributed by atoms with Crippen LogP contribution in [0.4, 0.5) is 0 Å². The molecule has 1 aliphatic carbocycles. The van der Waals surface area contributed by atoms with Crippen molar-refractivity contribution in [2.24, 2.45) is 0 Å². The van der Waals surface area contributed by atoms with Gasteiger partial charge in [0.25, 0.3) is 5.91 Å². The molecular formula is C12H12N2O4. The molecule has 1 aromatic rings. The molecule has 2 rings (SSSR count). The van der Waals surface area contributed by atoms with Gasteiger partial charge >= 0.3 is 5.97 Å². The number of hydrogen-bond donors (Lipinski definition) is 1. The maximum atomic E-state index is 12.1. The molecule has 1 amide bonds. The molecule has 0 unspecified atom stereocenters. The van der Waals surface area contributed by atoms with Crippen LogP contribution in [0.15, 0.2) is 16.7 Å². The van der Waals surface area contributed by atoms with Gasteiger partial charge < -0.3 is 14.4 Å². The van der Waals surface area contributed by atoms with Gasteiger partial charge in [-0.2, -0.15) is 5.26 Å². The monoisotopic (exact) mass is 248 g/mol. The SMILES string of the molecule is N#CCCN(C(=O)c1cc(C(=O)O)co1)C1CC1.